The van der Waals surface area contributed by atoms with Gasteiger partial charge in [-0.25, -0.2) is 8.78 Å². The van der Waals surface area contributed by atoms with E-state index in [0.717, 1.165) is 6.42 Å². The van der Waals surface area contributed by atoms with Crippen LogP contribution in [-0.4, -0.2) is 53.6 Å². The molecule has 3 atom stereocenters. The van der Waals surface area contributed by atoms with Crippen molar-refractivity contribution in [3.63, 3.8) is 0 Å². The van der Waals surface area contributed by atoms with Crippen molar-refractivity contribution in [2.75, 3.05) is 32.1 Å². The van der Waals surface area contributed by atoms with Crippen molar-refractivity contribution in [3.8, 4) is 17.6 Å². The molecule has 9 heteroatoms. The summed E-state index contributed by atoms with van der Waals surface area (Å²) in [7, 11) is 1.56. The minimum absolute atomic E-state index is 0.00247. The van der Waals surface area contributed by atoms with E-state index in [4.69, 9.17) is 4.74 Å². The number of hydrogen-bond acceptors (Lipinski definition) is 5. The van der Waals surface area contributed by atoms with Crippen LogP contribution in [0.3, 0.4) is 0 Å². The Bertz CT molecular complexity index is 1440. The summed E-state index contributed by atoms with van der Waals surface area (Å²) in [5.41, 5.74) is 2.07. The number of halogens is 2. The maximum absolute atomic E-state index is 15.5. The number of carbonyl (C=O) groups is 2. The summed E-state index contributed by atoms with van der Waals surface area (Å²) in [6, 6.07) is 11.1. The van der Waals surface area contributed by atoms with E-state index in [9.17, 15) is 19.1 Å². The average molecular weight is 550 g/mol. The molecular weight excluding hydrogens is 516 g/mol. The summed E-state index contributed by atoms with van der Waals surface area (Å²) < 4.78 is 34.6. The van der Waals surface area contributed by atoms with Gasteiger partial charge in [0, 0.05) is 31.5 Å². The van der Waals surface area contributed by atoms with E-state index < -0.39 is 18.0 Å². The van der Waals surface area contributed by atoms with Crippen LogP contribution in [0.5, 0.6) is 5.75 Å². The first-order chi connectivity index (χ1) is 19.2. The van der Waals surface area contributed by atoms with Crippen LogP contribution >= 0.6 is 0 Å². The number of aliphatic carboxylic acids is 1. The largest absolute Gasteiger partial charge is 0.497 e. The lowest BCUT2D eigenvalue weighted by Gasteiger charge is -2.37. The number of likely N-dealkylation sites (tertiary alicyclic amines) is 1. The number of fused-ring (bicyclic) bond motifs is 1. The van der Waals surface area contributed by atoms with Gasteiger partial charge in [0.25, 0.3) is 0 Å². The predicted molar refractivity (Wildman–Crippen MR) is 149 cm³/mol. The Kier molecular flexibility index (Phi) is 9.67. The van der Waals surface area contributed by atoms with Crippen LogP contribution in [0.1, 0.15) is 49.9 Å². The molecule has 0 saturated carbocycles. The number of alkyl halides is 1. The van der Waals surface area contributed by atoms with Crippen LogP contribution in [-0.2, 0) is 9.59 Å². The van der Waals surface area contributed by atoms with Gasteiger partial charge in [-0.3, -0.25) is 19.5 Å². The smallest absolute Gasteiger partial charge is 0.303 e. The number of ether oxygens (including phenoxy) is 1. The highest BCUT2D eigenvalue weighted by Gasteiger charge is 2.31. The topological polar surface area (TPSA) is 91.8 Å². The van der Waals surface area contributed by atoms with Crippen molar-refractivity contribution < 1.29 is 28.2 Å². The maximum Gasteiger partial charge on any atom is 0.303 e. The molecule has 0 radical (unpaired) electrons. The summed E-state index contributed by atoms with van der Waals surface area (Å²) in [4.78, 5) is 29.5. The van der Waals surface area contributed by atoms with E-state index in [0.29, 0.717) is 59.5 Å². The summed E-state index contributed by atoms with van der Waals surface area (Å²) in [6.45, 7) is 2.97. The van der Waals surface area contributed by atoms with Crippen LogP contribution in [0.4, 0.5) is 14.5 Å². The molecule has 1 aromatic heterocycles. The second kappa shape index (κ2) is 13.4. The molecule has 0 aliphatic carbocycles. The summed E-state index contributed by atoms with van der Waals surface area (Å²) in [5.74, 6) is 4.91. The zero-order valence-electron chi connectivity index (χ0n) is 22.6. The molecule has 0 spiro atoms. The van der Waals surface area contributed by atoms with Crippen molar-refractivity contribution in [2.45, 2.75) is 38.8 Å². The zero-order chi connectivity index (χ0) is 28.6. The number of carbonyl (C=O) groups excluding carboxylic acids is 1. The number of nitrogens with zero attached hydrogens (tertiary/aromatic N) is 2. The highest BCUT2D eigenvalue weighted by Crippen LogP contribution is 2.36. The fraction of sp³-hybridized carbons (Fsp3) is 0.387. The highest BCUT2D eigenvalue weighted by molar-refractivity contribution is 5.90. The van der Waals surface area contributed by atoms with Gasteiger partial charge < -0.3 is 15.2 Å². The minimum atomic E-state index is -1.21. The van der Waals surface area contributed by atoms with Crippen LogP contribution in [0.25, 0.3) is 10.9 Å². The molecule has 1 saturated heterocycles. The molecule has 40 heavy (non-hydrogen) atoms. The second-order valence-corrected chi connectivity index (χ2v) is 10.1. The number of piperidine rings is 1. The van der Waals surface area contributed by atoms with Crippen molar-refractivity contribution in [3.05, 3.63) is 65.6 Å². The Hall–Kier alpha value is -4.03. The van der Waals surface area contributed by atoms with Gasteiger partial charge in [0.1, 0.15) is 17.7 Å². The standard InChI is InChI=1S/C31H33F2N3O4/c1-20(37)35-29-9-6-24(32)16-22(29)4-3-14-36-15-12-21(23(19-36)17-31(38)39)5-8-28(33)26-11-13-34-30-10-7-25(40-2)18-27(26)30/h6-7,9-11,13,16,18,21,23,28H,5,8,12,14-15,17,19H2,1-2H3,(H,35,37)(H,38,39)/t21-,23+,28+/m1/s1. The van der Waals surface area contributed by atoms with E-state index in [1.165, 1.54) is 25.1 Å². The lowest BCUT2D eigenvalue weighted by Crippen LogP contribution is -2.41. The average Bonchev–Trinajstić information content (AvgIpc) is 2.92. The number of carboxylic acid groups (broad SMARTS) is 1. The van der Waals surface area contributed by atoms with Crippen LogP contribution in [0, 0.1) is 29.5 Å². The van der Waals surface area contributed by atoms with E-state index in [-0.39, 0.29) is 30.6 Å². The van der Waals surface area contributed by atoms with Crippen molar-refractivity contribution in [2.24, 2.45) is 11.8 Å². The Morgan fingerprint density at radius 3 is 2.80 bits per heavy atom. The number of pyridine rings is 1. The molecule has 2 N–H and O–H groups in total. The van der Waals surface area contributed by atoms with E-state index in [1.807, 2.05) is 0 Å². The van der Waals surface area contributed by atoms with Gasteiger partial charge in [-0.2, -0.15) is 0 Å². The lowest BCUT2D eigenvalue weighted by atomic mass is 9.79. The Balaban J connectivity index is 1.40. The molecule has 1 fully saturated rings. The van der Waals surface area contributed by atoms with E-state index in [2.05, 4.69) is 27.0 Å². The molecule has 1 aliphatic heterocycles. The summed E-state index contributed by atoms with van der Waals surface area (Å²) in [5, 5.41) is 12.9. The normalized spacial score (nSPS) is 18.0. The molecule has 3 aromatic rings. The molecule has 7 nitrogen and oxygen atoms in total. The third-order valence-electron chi connectivity index (χ3n) is 7.34. The maximum atomic E-state index is 15.5. The Morgan fingerprint density at radius 1 is 1.23 bits per heavy atom. The van der Waals surface area contributed by atoms with Gasteiger partial charge in [-0.15, -0.1) is 0 Å². The fourth-order valence-electron chi connectivity index (χ4n) is 5.36. The molecule has 2 heterocycles. The van der Waals surface area contributed by atoms with Crippen LogP contribution in [0.15, 0.2) is 48.7 Å². The van der Waals surface area contributed by atoms with Gasteiger partial charge in [0.2, 0.25) is 5.91 Å². The van der Waals surface area contributed by atoms with Gasteiger partial charge in [-0.1, -0.05) is 11.8 Å². The summed E-state index contributed by atoms with van der Waals surface area (Å²) >= 11 is 0. The number of carboxylic acids is 1. The molecule has 1 amide bonds. The number of nitrogens with one attached hydrogen (secondary N) is 1. The first-order valence-electron chi connectivity index (χ1n) is 13.3. The Labute approximate surface area is 232 Å². The van der Waals surface area contributed by atoms with Gasteiger partial charge >= 0.3 is 5.97 Å². The number of benzene rings is 2. The fourth-order valence-corrected chi connectivity index (χ4v) is 5.36. The number of methoxy groups -OCH3 is 1. The molecule has 0 bridgehead atoms. The Morgan fingerprint density at radius 2 is 2.05 bits per heavy atom. The quantitative estimate of drug-likeness (QED) is 0.338. The molecule has 2 aromatic carbocycles. The van der Waals surface area contributed by atoms with Gasteiger partial charge in [0.15, 0.2) is 0 Å². The first kappa shape index (κ1) is 29.0. The minimum Gasteiger partial charge on any atom is -0.497 e. The lowest BCUT2D eigenvalue weighted by molar-refractivity contribution is -0.139. The third kappa shape index (κ3) is 7.54. The monoisotopic (exact) mass is 549 g/mol. The first-order valence-corrected chi connectivity index (χ1v) is 13.3. The second-order valence-electron chi connectivity index (χ2n) is 10.1. The number of amides is 1. The number of hydrogen-bond donors (Lipinski definition) is 2. The number of anilines is 1. The highest BCUT2D eigenvalue weighted by atomic mass is 19.1. The van der Waals surface area contributed by atoms with Crippen LogP contribution < -0.4 is 10.1 Å². The molecule has 0 unspecified atom stereocenters. The number of aromatic nitrogens is 1. The van der Waals surface area contributed by atoms with Crippen molar-refractivity contribution in [1.29, 1.82) is 0 Å². The molecule has 1 aliphatic rings. The third-order valence-corrected chi connectivity index (χ3v) is 7.34. The zero-order valence-corrected chi connectivity index (χ0v) is 22.6. The van der Waals surface area contributed by atoms with E-state index in [1.54, 1.807) is 37.6 Å². The SMILES string of the molecule is COc1ccc2nccc([C@@H](F)CC[C@@H]3CCN(CC#Cc4cc(F)ccc4NC(C)=O)C[C@@H]3CC(=O)O)c2c1. The van der Waals surface area contributed by atoms with Crippen molar-refractivity contribution >= 4 is 28.5 Å². The predicted octanol–water partition coefficient (Wildman–Crippen LogP) is 5.60. The number of rotatable bonds is 9. The molecular formula is C31H33F2N3O4. The summed E-state index contributed by atoms with van der Waals surface area (Å²) in [6.07, 6.45) is 1.97. The van der Waals surface area contributed by atoms with Crippen molar-refractivity contribution in [1.82, 2.24) is 9.88 Å². The van der Waals surface area contributed by atoms with Crippen LogP contribution in [0.2, 0.25) is 0 Å². The molecule has 210 valence electrons. The molecule has 4 rings (SSSR count). The van der Waals surface area contributed by atoms with Gasteiger partial charge in [-0.05, 0) is 85.7 Å². The van der Waals surface area contributed by atoms with E-state index >= 15 is 4.39 Å². The van der Waals surface area contributed by atoms with Gasteiger partial charge in [0.05, 0.1) is 30.4 Å².